The fourth-order valence-electron chi connectivity index (χ4n) is 5.04. The van der Waals surface area contributed by atoms with Gasteiger partial charge in [0, 0.05) is 56.0 Å². The molecule has 0 bridgehead atoms. The van der Waals surface area contributed by atoms with Crippen LogP contribution in [-0.2, 0) is 9.47 Å². The van der Waals surface area contributed by atoms with E-state index in [1.165, 1.54) is 0 Å². The molecule has 1 aliphatic heterocycles. The molecule has 1 saturated heterocycles. The summed E-state index contributed by atoms with van der Waals surface area (Å²) in [4.78, 5) is 12.2. The molecule has 3 heterocycles. The molecule has 1 aliphatic rings. The van der Waals surface area contributed by atoms with Crippen LogP contribution in [0.2, 0.25) is 0 Å². The number of likely N-dealkylation sites (tertiary alicyclic amines) is 1. The summed E-state index contributed by atoms with van der Waals surface area (Å²) in [5.74, 6) is 0.822. The van der Waals surface area contributed by atoms with Crippen molar-refractivity contribution in [3.63, 3.8) is 0 Å². The van der Waals surface area contributed by atoms with E-state index in [4.69, 9.17) is 25.2 Å². The SMILES string of the molecule is CCOCCOC(c1cccc2cccnc12)n1c(NC2CCN(CCN)CC2)nc2ccccc21.O.O. The molecule has 2 aromatic carbocycles. The molecule has 0 radical (unpaired) electrons. The summed E-state index contributed by atoms with van der Waals surface area (Å²) in [6, 6.07) is 18.9. The summed E-state index contributed by atoms with van der Waals surface area (Å²) in [5, 5.41) is 4.85. The number of rotatable bonds is 11. The zero-order valence-electron chi connectivity index (χ0n) is 22.0. The average molecular weight is 525 g/mol. The van der Waals surface area contributed by atoms with Crippen molar-refractivity contribution < 1.29 is 20.4 Å². The molecule has 0 aliphatic carbocycles. The molecule has 0 amide bonds. The van der Waals surface area contributed by atoms with Crippen LogP contribution >= 0.6 is 0 Å². The molecule has 2 aromatic heterocycles. The highest BCUT2D eigenvalue weighted by Crippen LogP contribution is 2.33. The molecule has 4 aromatic rings. The van der Waals surface area contributed by atoms with Crippen LogP contribution in [0, 0.1) is 0 Å². The van der Waals surface area contributed by atoms with Gasteiger partial charge in [-0.15, -0.1) is 0 Å². The summed E-state index contributed by atoms with van der Waals surface area (Å²) in [6.07, 6.45) is 3.53. The first-order valence-electron chi connectivity index (χ1n) is 13.0. The Labute approximate surface area is 223 Å². The van der Waals surface area contributed by atoms with E-state index in [0.29, 0.717) is 32.4 Å². The van der Waals surface area contributed by atoms with Crippen molar-refractivity contribution >= 4 is 27.9 Å². The van der Waals surface area contributed by atoms with Crippen molar-refractivity contribution in [1.29, 1.82) is 0 Å². The third-order valence-corrected chi connectivity index (χ3v) is 6.83. The van der Waals surface area contributed by atoms with Gasteiger partial charge in [-0.25, -0.2) is 4.98 Å². The highest BCUT2D eigenvalue weighted by Gasteiger charge is 2.26. The highest BCUT2D eigenvalue weighted by atomic mass is 16.5. The minimum Gasteiger partial charge on any atom is -0.412 e. The van der Waals surface area contributed by atoms with E-state index < -0.39 is 6.23 Å². The number of anilines is 1. The largest absolute Gasteiger partial charge is 0.412 e. The van der Waals surface area contributed by atoms with Crippen LogP contribution in [0.4, 0.5) is 5.95 Å². The third kappa shape index (κ3) is 6.47. The lowest BCUT2D eigenvalue weighted by molar-refractivity contribution is -0.00389. The van der Waals surface area contributed by atoms with Crippen LogP contribution < -0.4 is 11.1 Å². The van der Waals surface area contributed by atoms with Gasteiger partial charge >= 0.3 is 0 Å². The molecule has 0 saturated carbocycles. The van der Waals surface area contributed by atoms with Crippen LogP contribution in [0.15, 0.2) is 60.8 Å². The number of fused-ring (bicyclic) bond motifs is 2. The van der Waals surface area contributed by atoms with Crippen LogP contribution in [0.25, 0.3) is 21.9 Å². The van der Waals surface area contributed by atoms with E-state index in [-0.39, 0.29) is 11.0 Å². The molecule has 0 spiro atoms. The molecular formula is C28H40N6O4. The molecule has 1 fully saturated rings. The number of imidazole rings is 1. The Hall–Kier alpha value is -3.12. The van der Waals surface area contributed by atoms with Gasteiger partial charge in [-0.1, -0.05) is 36.4 Å². The summed E-state index contributed by atoms with van der Waals surface area (Å²) in [7, 11) is 0. The Kier molecular flexibility index (Phi) is 11.0. The van der Waals surface area contributed by atoms with Gasteiger partial charge in [0.05, 0.1) is 29.8 Å². The van der Waals surface area contributed by atoms with Crippen LogP contribution in [0.5, 0.6) is 0 Å². The fraction of sp³-hybridized carbons (Fsp3) is 0.429. The second-order valence-electron chi connectivity index (χ2n) is 9.19. The highest BCUT2D eigenvalue weighted by molar-refractivity contribution is 5.83. The maximum atomic E-state index is 6.57. The van der Waals surface area contributed by atoms with Gasteiger partial charge in [-0.3, -0.25) is 9.55 Å². The van der Waals surface area contributed by atoms with Crippen molar-refractivity contribution in [2.24, 2.45) is 5.73 Å². The Bertz CT molecular complexity index is 1270. The van der Waals surface area contributed by atoms with Gasteiger partial charge in [-0.05, 0) is 38.0 Å². The van der Waals surface area contributed by atoms with Crippen LogP contribution in [0.3, 0.4) is 0 Å². The van der Waals surface area contributed by atoms with Gasteiger partial charge < -0.3 is 36.4 Å². The fourth-order valence-corrected chi connectivity index (χ4v) is 5.04. The van der Waals surface area contributed by atoms with E-state index in [1.807, 2.05) is 31.3 Å². The number of aromatic nitrogens is 3. The topological polar surface area (TPSA) is 153 Å². The Morgan fingerprint density at radius 2 is 1.82 bits per heavy atom. The molecule has 10 nitrogen and oxygen atoms in total. The number of para-hydroxylation sites is 3. The molecule has 5 rings (SSSR count). The maximum Gasteiger partial charge on any atom is 0.206 e. The number of pyridine rings is 1. The Balaban J connectivity index is 0.00000200. The molecule has 206 valence electrons. The van der Waals surface area contributed by atoms with E-state index in [2.05, 4.69) is 51.2 Å². The first kappa shape index (κ1) is 29.4. The predicted octanol–water partition coefficient (Wildman–Crippen LogP) is 2.37. The smallest absolute Gasteiger partial charge is 0.206 e. The maximum absolute atomic E-state index is 6.57. The molecule has 1 atom stereocenters. The lowest BCUT2D eigenvalue weighted by Crippen LogP contribution is -2.41. The van der Waals surface area contributed by atoms with Crippen molar-refractivity contribution in [2.45, 2.75) is 32.0 Å². The van der Waals surface area contributed by atoms with Gasteiger partial charge in [0.2, 0.25) is 5.95 Å². The second-order valence-corrected chi connectivity index (χ2v) is 9.19. The number of piperidine rings is 1. The minimum absolute atomic E-state index is 0. The summed E-state index contributed by atoms with van der Waals surface area (Å²) < 4.78 is 14.4. The van der Waals surface area contributed by atoms with Gasteiger partial charge in [0.15, 0.2) is 6.23 Å². The van der Waals surface area contributed by atoms with Gasteiger partial charge in [-0.2, -0.15) is 0 Å². The van der Waals surface area contributed by atoms with Crippen molar-refractivity contribution in [3.05, 3.63) is 66.4 Å². The number of hydrogen-bond acceptors (Lipinski definition) is 7. The summed E-state index contributed by atoms with van der Waals surface area (Å²) in [5.41, 5.74) is 9.67. The molecular weight excluding hydrogens is 484 g/mol. The third-order valence-electron chi connectivity index (χ3n) is 6.83. The van der Waals surface area contributed by atoms with E-state index >= 15 is 0 Å². The van der Waals surface area contributed by atoms with Crippen molar-refractivity contribution in [3.8, 4) is 0 Å². The molecule has 1 unspecified atom stereocenters. The monoisotopic (exact) mass is 524 g/mol. The van der Waals surface area contributed by atoms with E-state index in [9.17, 15) is 0 Å². The van der Waals surface area contributed by atoms with Crippen molar-refractivity contribution in [1.82, 2.24) is 19.4 Å². The lowest BCUT2D eigenvalue weighted by atomic mass is 10.1. The summed E-state index contributed by atoms with van der Waals surface area (Å²) in [6.45, 7) is 7.38. The number of nitrogens with one attached hydrogen (secondary N) is 1. The van der Waals surface area contributed by atoms with E-state index in [0.717, 1.165) is 65.9 Å². The van der Waals surface area contributed by atoms with Gasteiger partial charge in [0.25, 0.3) is 0 Å². The average Bonchev–Trinajstić information content (AvgIpc) is 3.27. The Morgan fingerprint density at radius 1 is 1.03 bits per heavy atom. The van der Waals surface area contributed by atoms with Crippen molar-refractivity contribution in [2.75, 3.05) is 51.3 Å². The number of benzene rings is 2. The minimum atomic E-state index is -0.406. The standard InChI is InChI=1S/C28H36N6O2.2H2O/c1-2-35-19-20-36-27(23-9-5-7-21-8-6-15-30-26(21)23)34-25-11-4-3-10-24(25)32-28(34)31-22-12-16-33(17-13-22)18-14-29;;/h3-11,15,22,27H,2,12-14,16-20,29H2,1H3,(H,31,32);2*1H2. The summed E-state index contributed by atoms with van der Waals surface area (Å²) >= 11 is 0. The van der Waals surface area contributed by atoms with E-state index in [1.54, 1.807) is 0 Å². The first-order valence-corrected chi connectivity index (χ1v) is 13.0. The number of nitrogens with two attached hydrogens (primary N) is 1. The zero-order valence-corrected chi connectivity index (χ0v) is 22.0. The number of ether oxygens (including phenoxy) is 2. The van der Waals surface area contributed by atoms with Gasteiger partial charge in [0.1, 0.15) is 0 Å². The molecule has 10 heteroatoms. The van der Waals surface area contributed by atoms with Crippen LogP contribution in [0.1, 0.15) is 31.6 Å². The zero-order chi connectivity index (χ0) is 24.7. The molecule has 7 N–H and O–H groups in total. The second kappa shape index (κ2) is 14.1. The predicted molar refractivity (Wildman–Crippen MR) is 151 cm³/mol. The Morgan fingerprint density at radius 3 is 2.61 bits per heavy atom. The molecule has 38 heavy (non-hydrogen) atoms. The normalized spacial score (nSPS) is 15.2. The lowest BCUT2D eigenvalue weighted by Gasteiger charge is -2.33. The van der Waals surface area contributed by atoms with Crippen LogP contribution in [-0.4, -0.2) is 82.4 Å². The first-order chi connectivity index (χ1) is 17.8. The number of hydrogen-bond donors (Lipinski definition) is 2. The number of nitrogens with zero attached hydrogens (tertiary/aromatic N) is 4. The quantitative estimate of drug-likeness (QED) is 0.286.